The maximum atomic E-state index is 12.4. The van der Waals surface area contributed by atoms with Crippen LogP contribution in [-0.4, -0.2) is 31.1 Å². The minimum absolute atomic E-state index is 0.0515. The minimum atomic E-state index is 0.0515. The molecular formula is C16H19N3OS. The second-order valence-corrected chi connectivity index (χ2v) is 7.06. The monoisotopic (exact) mass is 301 g/mol. The van der Waals surface area contributed by atoms with Gasteiger partial charge < -0.3 is 16.0 Å². The van der Waals surface area contributed by atoms with Crippen molar-refractivity contribution < 1.29 is 4.79 Å². The first-order valence-electron chi connectivity index (χ1n) is 7.51. The zero-order valence-electron chi connectivity index (χ0n) is 12.0. The third kappa shape index (κ3) is 2.30. The first-order valence-corrected chi connectivity index (χ1v) is 8.33. The lowest BCUT2D eigenvalue weighted by atomic mass is 9.95. The standard InChI is InChI=1S/C16H19N3OS/c1-17-15-7-9-2-3-10(6-14(9)21-15)16(20)19-13-8-11-4-5-12(13)18-11/h2-3,6-7,11-13,17-18H,4-5,8H2,1H3,(H,19,20)/t11-,12+,13-/m1/s1. The summed E-state index contributed by atoms with van der Waals surface area (Å²) < 4.78 is 1.15. The number of carbonyl (C=O) groups is 1. The van der Waals surface area contributed by atoms with Gasteiger partial charge in [-0.05, 0) is 42.8 Å². The SMILES string of the molecule is CNc1cc2ccc(C(=O)N[C@@H]3C[C@H]4CC[C@@H]3N4)cc2s1. The van der Waals surface area contributed by atoms with Crippen molar-refractivity contribution in [1.29, 1.82) is 0 Å². The number of carbonyl (C=O) groups excluding carboxylic acids is 1. The van der Waals surface area contributed by atoms with E-state index >= 15 is 0 Å². The first kappa shape index (κ1) is 13.1. The average Bonchev–Trinajstić information content (AvgIpc) is 3.20. The summed E-state index contributed by atoms with van der Waals surface area (Å²) in [6, 6.07) is 9.44. The number of anilines is 1. The lowest BCUT2D eigenvalue weighted by Crippen LogP contribution is -2.42. The van der Waals surface area contributed by atoms with Crippen molar-refractivity contribution in [3.05, 3.63) is 29.8 Å². The smallest absolute Gasteiger partial charge is 0.251 e. The van der Waals surface area contributed by atoms with Crippen LogP contribution in [0, 0.1) is 0 Å². The van der Waals surface area contributed by atoms with Gasteiger partial charge in [-0.25, -0.2) is 0 Å². The number of nitrogens with one attached hydrogen (secondary N) is 3. The fraction of sp³-hybridized carbons (Fsp3) is 0.438. The van der Waals surface area contributed by atoms with E-state index in [0.717, 1.165) is 21.7 Å². The number of benzene rings is 1. The van der Waals surface area contributed by atoms with E-state index in [0.29, 0.717) is 18.1 Å². The Hall–Kier alpha value is -1.59. The van der Waals surface area contributed by atoms with Crippen molar-refractivity contribution in [1.82, 2.24) is 10.6 Å². The Morgan fingerprint density at radius 2 is 2.24 bits per heavy atom. The van der Waals surface area contributed by atoms with E-state index in [4.69, 9.17) is 0 Å². The van der Waals surface area contributed by atoms with Crippen LogP contribution in [0.4, 0.5) is 5.00 Å². The van der Waals surface area contributed by atoms with Gasteiger partial charge in [0.15, 0.2) is 0 Å². The van der Waals surface area contributed by atoms with E-state index in [1.54, 1.807) is 11.3 Å². The van der Waals surface area contributed by atoms with Gasteiger partial charge in [-0.3, -0.25) is 4.79 Å². The van der Waals surface area contributed by atoms with Crippen LogP contribution in [0.25, 0.3) is 10.1 Å². The number of rotatable bonds is 3. The summed E-state index contributed by atoms with van der Waals surface area (Å²) in [6.07, 6.45) is 3.51. The molecule has 0 saturated carbocycles. The molecule has 0 spiro atoms. The molecule has 0 aliphatic carbocycles. The van der Waals surface area contributed by atoms with Gasteiger partial charge >= 0.3 is 0 Å². The largest absolute Gasteiger partial charge is 0.380 e. The Kier molecular flexibility index (Phi) is 3.12. The molecule has 2 aliphatic rings. The van der Waals surface area contributed by atoms with Gasteiger partial charge in [-0.2, -0.15) is 0 Å². The molecule has 1 amide bonds. The van der Waals surface area contributed by atoms with Crippen LogP contribution in [0.3, 0.4) is 0 Å². The maximum Gasteiger partial charge on any atom is 0.251 e. The van der Waals surface area contributed by atoms with E-state index in [2.05, 4.69) is 22.0 Å². The van der Waals surface area contributed by atoms with Gasteiger partial charge in [0.05, 0.1) is 5.00 Å². The van der Waals surface area contributed by atoms with Gasteiger partial charge in [0.25, 0.3) is 5.91 Å². The van der Waals surface area contributed by atoms with Gasteiger partial charge in [0.1, 0.15) is 0 Å². The number of thiophene rings is 1. The zero-order chi connectivity index (χ0) is 14.4. The molecule has 3 N–H and O–H groups in total. The molecule has 2 aromatic rings. The third-order valence-corrected chi connectivity index (χ3v) is 5.76. The van der Waals surface area contributed by atoms with E-state index in [-0.39, 0.29) is 5.91 Å². The Balaban J connectivity index is 1.53. The maximum absolute atomic E-state index is 12.4. The van der Waals surface area contributed by atoms with E-state index in [9.17, 15) is 4.79 Å². The molecule has 110 valence electrons. The van der Waals surface area contributed by atoms with Crippen LogP contribution >= 0.6 is 11.3 Å². The highest BCUT2D eigenvalue weighted by atomic mass is 32.1. The second kappa shape index (κ2) is 5.00. The third-order valence-electron chi connectivity index (χ3n) is 4.65. The van der Waals surface area contributed by atoms with Crippen LogP contribution in [-0.2, 0) is 0 Å². The van der Waals surface area contributed by atoms with E-state index in [1.165, 1.54) is 18.2 Å². The predicted octanol–water partition coefficient (Wildman–Crippen LogP) is 2.57. The summed E-state index contributed by atoms with van der Waals surface area (Å²) in [5.74, 6) is 0.0515. The summed E-state index contributed by atoms with van der Waals surface area (Å²) in [7, 11) is 1.92. The van der Waals surface area contributed by atoms with Crippen molar-refractivity contribution in [2.24, 2.45) is 0 Å². The molecule has 4 nitrogen and oxygen atoms in total. The summed E-state index contributed by atoms with van der Waals surface area (Å²) in [4.78, 5) is 12.4. The highest BCUT2D eigenvalue weighted by Gasteiger charge is 2.39. The second-order valence-electron chi connectivity index (χ2n) is 5.98. The van der Waals surface area contributed by atoms with Crippen molar-refractivity contribution in [3.8, 4) is 0 Å². The number of hydrogen-bond donors (Lipinski definition) is 3. The molecule has 4 rings (SSSR count). The van der Waals surface area contributed by atoms with Crippen molar-refractivity contribution >= 4 is 32.3 Å². The van der Waals surface area contributed by atoms with Gasteiger partial charge in [-0.15, -0.1) is 11.3 Å². The molecule has 1 aromatic carbocycles. The minimum Gasteiger partial charge on any atom is -0.380 e. The van der Waals surface area contributed by atoms with Crippen molar-refractivity contribution in [2.45, 2.75) is 37.4 Å². The lowest BCUT2D eigenvalue weighted by Gasteiger charge is -2.21. The Bertz CT molecular complexity index is 696. The molecule has 3 atom stereocenters. The highest BCUT2D eigenvalue weighted by molar-refractivity contribution is 7.22. The summed E-state index contributed by atoms with van der Waals surface area (Å²) >= 11 is 1.68. The summed E-state index contributed by atoms with van der Waals surface area (Å²) in [5.41, 5.74) is 0.759. The normalized spacial score (nSPS) is 27.2. The van der Waals surface area contributed by atoms with Crippen LogP contribution in [0.15, 0.2) is 24.3 Å². The number of amides is 1. The van der Waals surface area contributed by atoms with Gasteiger partial charge in [0.2, 0.25) is 0 Å². The average molecular weight is 301 g/mol. The first-order chi connectivity index (χ1) is 10.2. The molecule has 5 heteroatoms. The highest BCUT2D eigenvalue weighted by Crippen LogP contribution is 2.31. The molecule has 2 aliphatic heterocycles. The lowest BCUT2D eigenvalue weighted by molar-refractivity contribution is 0.0931. The van der Waals surface area contributed by atoms with Gasteiger partial charge in [-0.1, -0.05) is 6.07 Å². The van der Waals surface area contributed by atoms with Gasteiger partial charge in [0, 0.05) is 35.4 Å². The molecular weight excluding hydrogens is 282 g/mol. The number of fused-ring (bicyclic) bond motifs is 3. The molecule has 1 aromatic heterocycles. The fourth-order valence-corrected chi connectivity index (χ4v) is 4.49. The van der Waals surface area contributed by atoms with Crippen molar-refractivity contribution in [2.75, 3.05) is 12.4 Å². The molecule has 2 bridgehead atoms. The van der Waals surface area contributed by atoms with Crippen molar-refractivity contribution in [3.63, 3.8) is 0 Å². The zero-order valence-corrected chi connectivity index (χ0v) is 12.8. The molecule has 21 heavy (non-hydrogen) atoms. The van der Waals surface area contributed by atoms with Crippen LogP contribution in [0.1, 0.15) is 29.6 Å². The fourth-order valence-electron chi connectivity index (χ4n) is 3.53. The Morgan fingerprint density at radius 3 is 2.95 bits per heavy atom. The quantitative estimate of drug-likeness (QED) is 0.817. The Labute approximate surface area is 127 Å². The topological polar surface area (TPSA) is 53.2 Å². The van der Waals surface area contributed by atoms with E-state index < -0.39 is 0 Å². The molecule has 2 saturated heterocycles. The van der Waals surface area contributed by atoms with Crippen LogP contribution in [0.5, 0.6) is 0 Å². The molecule has 3 heterocycles. The van der Waals surface area contributed by atoms with Crippen LogP contribution in [0.2, 0.25) is 0 Å². The molecule has 0 unspecified atom stereocenters. The predicted molar refractivity (Wildman–Crippen MR) is 87.2 cm³/mol. The molecule has 0 radical (unpaired) electrons. The summed E-state index contributed by atoms with van der Waals surface area (Å²) in [5, 5.41) is 12.2. The Morgan fingerprint density at radius 1 is 1.33 bits per heavy atom. The van der Waals surface area contributed by atoms with E-state index in [1.807, 2.05) is 25.2 Å². The van der Waals surface area contributed by atoms with Crippen LogP contribution < -0.4 is 16.0 Å². The number of hydrogen-bond acceptors (Lipinski definition) is 4. The summed E-state index contributed by atoms with van der Waals surface area (Å²) in [6.45, 7) is 0. The molecule has 2 fully saturated rings.